The summed E-state index contributed by atoms with van der Waals surface area (Å²) in [6.07, 6.45) is 5.52. The molecule has 1 unspecified atom stereocenters. The van der Waals surface area contributed by atoms with E-state index >= 15 is 0 Å². The Morgan fingerprint density at radius 1 is 1.20 bits per heavy atom. The number of nitrogens with zero attached hydrogens (tertiary/aromatic N) is 4. The van der Waals surface area contributed by atoms with Crippen molar-refractivity contribution >= 4 is 30.7 Å². The van der Waals surface area contributed by atoms with E-state index in [-0.39, 0.29) is 30.7 Å². The summed E-state index contributed by atoms with van der Waals surface area (Å²) in [7, 11) is 0. The number of rotatable bonds is 4. The number of hydrogen-bond donors (Lipinski definition) is 1. The van der Waals surface area contributed by atoms with E-state index in [4.69, 9.17) is 5.73 Å². The molecule has 144 valence electrons. The normalized spacial score (nSPS) is 26.0. The van der Waals surface area contributed by atoms with Crippen LogP contribution in [-0.4, -0.2) is 45.2 Å². The van der Waals surface area contributed by atoms with Crippen LogP contribution in [0.2, 0.25) is 0 Å². The average Bonchev–Trinajstić information content (AvgIpc) is 3.13. The standard InChI is InChI=1S/C17H29N5O.2ClH/c1-12-19-13(2)22(20-12)11-14-5-4-8-21(10-14)17(23)16-7-3-6-15(16)9-18;;/h14-16H,3-11,18H2,1-2H3;2*1H/t14?,15-,16-;;/m1../s1. The van der Waals surface area contributed by atoms with Gasteiger partial charge in [-0.05, 0) is 57.9 Å². The fraction of sp³-hybridized carbons (Fsp3) is 0.824. The molecular weight excluding hydrogens is 361 g/mol. The van der Waals surface area contributed by atoms with Crippen LogP contribution in [0.1, 0.15) is 43.8 Å². The largest absolute Gasteiger partial charge is 0.342 e. The third-order valence-electron chi connectivity index (χ3n) is 5.50. The van der Waals surface area contributed by atoms with Crippen LogP contribution in [0.15, 0.2) is 0 Å². The molecule has 0 bridgehead atoms. The maximum Gasteiger partial charge on any atom is 0.226 e. The van der Waals surface area contributed by atoms with Crippen molar-refractivity contribution in [2.24, 2.45) is 23.5 Å². The van der Waals surface area contributed by atoms with Crippen LogP contribution < -0.4 is 5.73 Å². The molecule has 3 rings (SSSR count). The molecule has 1 aliphatic heterocycles. The number of aryl methyl sites for hydroxylation is 2. The van der Waals surface area contributed by atoms with Crippen molar-refractivity contribution in [3.05, 3.63) is 11.6 Å². The minimum Gasteiger partial charge on any atom is -0.342 e. The molecule has 1 saturated carbocycles. The van der Waals surface area contributed by atoms with Crippen molar-refractivity contribution in [2.75, 3.05) is 19.6 Å². The summed E-state index contributed by atoms with van der Waals surface area (Å²) in [5.41, 5.74) is 5.85. The summed E-state index contributed by atoms with van der Waals surface area (Å²) in [6, 6.07) is 0. The van der Waals surface area contributed by atoms with Gasteiger partial charge in [0.2, 0.25) is 5.91 Å². The molecule has 25 heavy (non-hydrogen) atoms. The Hall–Kier alpha value is -0.850. The maximum atomic E-state index is 12.9. The second kappa shape index (κ2) is 9.74. The van der Waals surface area contributed by atoms with Gasteiger partial charge in [0.05, 0.1) is 0 Å². The zero-order chi connectivity index (χ0) is 16.4. The molecule has 1 aromatic heterocycles. The van der Waals surface area contributed by atoms with Crippen molar-refractivity contribution in [1.82, 2.24) is 19.7 Å². The van der Waals surface area contributed by atoms with Crippen LogP contribution in [0.3, 0.4) is 0 Å². The smallest absolute Gasteiger partial charge is 0.226 e. The highest BCUT2D eigenvalue weighted by molar-refractivity contribution is 5.85. The molecule has 1 aromatic rings. The van der Waals surface area contributed by atoms with Gasteiger partial charge in [0.25, 0.3) is 0 Å². The van der Waals surface area contributed by atoms with Crippen molar-refractivity contribution in [2.45, 2.75) is 52.5 Å². The van der Waals surface area contributed by atoms with Crippen LogP contribution >= 0.6 is 24.8 Å². The third-order valence-corrected chi connectivity index (χ3v) is 5.50. The van der Waals surface area contributed by atoms with Crippen LogP contribution in [0.25, 0.3) is 0 Å². The fourth-order valence-corrected chi connectivity index (χ4v) is 4.27. The fourth-order valence-electron chi connectivity index (χ4n) is 4.27. The van der Waals surface area contributed by atoms with Crippen LogP contribution in [0.4, 0.5) is 0 Å². The molecule has 2 fully saturated rings. The van der Waals surface area contributed by atoms with E-state index in [0.29, 0.717) is 24.3 Å². The predicted octanol–water partition coefficient (Wildman–Crippen LogP) is 2.35. The molecule has 2 aliphatic rings. The average molecular weight is 392 g/mol. The Kier molecular flexibility index (Phi) is 8.64. The quantitative estimate of drug-likeness (QED) is 0.854. The van der Waals surface area contributed by atoms with E-state index < -0.39 is 0 Å². The highest BCUT2D eigenvalue weighted by Crippen LogP contribution is 2.33. The minimum atomic E-state index is 0. The first-order valence-electron chi connectivity index (χ1n) is 8.95. The van der Waals surface area contributed by atoms with Gasteiger partial charge in [0.15, 0.2) is 0 Å². The van der Waals surface area contributed by atoms with Gasteiger partial charge in [-0.15, -0.1) is 24.8 Å². The van der Waals surface area contributed by atoms with Gasteiger partial charge in [-0.3, -0.25) is 4.79 Å². The first kappa shape index (κ1) is 22.2. The molecule has 1 saturated heterocycles. The van der Waals surface area contributed by atoms with Crippen LogP contribution in [-0.2, 0) is 11.3 Å². The summed E-state index contributed by atoms with van der Waals surface area (Å²) in [5, 5.41) is 4.46. The number of carbonyl (C=O) groups is 1. The molecule has 2 N–H and O–H groups in total. The number of likely N-dealkylation sites (tertiary alicyclic amines) is 1. The molecule has 0 aromatic carbocycles. The van der Waals surface area contributed by atoms with Crippen molar-refractivity contribution in [3.8, 4) is 0 Å². The molecule has 3 atom stereocenters. The number of hydrogen-bond acceptors (Lipinski definition) is 4. The topological polar surface area (TPSA) is 77.0 Å². The zero-order valence-corrected chi connectivity index (χ0v) is 16.8. The van der Waals surface area contributed by atoms with Gasteiger partial charge in [0, 0.05) is 25.6 Å². The zero-order valence-electron chi connectivity index (χ0n) is 15.2. The highest BCUT2D eigenvalue weighted by Gasteiger charge is 2.36. The molecule has 0 radical (unpaired) electrons. The molecular formula is C17H31Cl2N5O. The Balaban J connectivity index is 0.00000156. The molecule has 6 nitrogen and oxygen atoms in total. The predicted molar refractivity (Wildman–Crippen MR) is 103 cm³/mol. The number of amides is 1. The summed E-state index contributed by atoms with van der Waals surface area (Å²) < 4.78 is 1.99. The maximum absolute atomic E-state index is 12.9. The minimum absolute atomic E-state index is 0. The Bertz CT molecular complexity index is 565. The lowest BCUT2D eigenvalue weighted by atomic mass is 9.92. The highest BCUT2D eigenvalue weighted by atomic mass is 35.5. The molecule has 1 amide bonds. The number of piperidine rings is 1. The Morgan fingerprint density at radius 2 is 1.96 bits per heavy atom. The Morgan fingerprint density at radius 3 is 2.60 bits per heavy atom. The van der Waals surface area contributed by atoms with E-state index in [1.54, 1.807) is 0 Å². The van der Waals surface area contributed by atoms with E-state index in [0.717, 1.165) is 63.4 Å². The molecule has 2 heterocycles. The number of aromatic nitrogens is 3. The second-order valence-corrected chi connectivity index (χ2v) is 7.21. The van der Waals surface area contributed by atoms with Gasteiger partial charge < -0.3 is 10.6 Å². The summed E-state index contributed by atoms with van der Waals surface area (Å²) >= 11 is 0. The van der Waals surface area contributed by atoms with E-state index in [1.807, 2.05) is 18.5 Å². The molecule has 0 spiro atoms. The summed E-state index contributed by atoms with van der Waals surface area (Å²) in [4.78, 5) is 19.3. The SMILES string of the molecule is Cc1nc(C)n(CC2CCCN(C(=O)[C@@H]3CCC[C@@H]3CN)C2)n1.Cl.Cl. The van der Waals surface area contributed by atoms with Gasteiger partial charge >= 0.3 is 0 Å². The van der Waals surface area contributed by atoms with E-state index in [9.17, 15) is 4.79 Å². The first-order valence-corrected chi connectivity index (χ1v) is 8.95. The lowest BCUT2D eigenvalue weighted by Gasteiger charge is -2.35. The van der Waals surface area contributed by atoms with Gasteiger partial charge in [-0.25, -0.2) is 9.67 Å². The molecule has 8 heteroatoms. The van der Waals surface area contributed by atoms with E-state index in [1.165, 1.54) is 0 Å². The van der Waals surface area contributed by atoms with Gasteiger partial charge in [-0.2, -0.15) is 5.10 Å². The first-order chi connectivity index (χ1) is 11.1. The van der Waals surface area contributed by atoms with Gasteiger partial charge in [0.1, 0.15) is 11.6 Å². The van der Waals surface area contributed by atoms with Crippen LogP contribution in [0.5, 0.6) is 0 Å². The van der Waals surface area contributed by atoms with E-state index in [2.05, 4.69) is 15.0 Å². The number of nitrogens with two attached hydrogens (primary N) is 1. The number of halogens is 2. The summed E-state index contributed by atoms with van der Waals surface area (Å²) in [5.74, 6) is 3.16. The van der Waals surface area contributed by atoms with Crippen molar-refractivity contribution in [3.63, 3.8) is 0 Å². The van der Waals surface area contributed by atoms with Crippen molar-refractivity contribution in [1.29, 1.82) is 0 Å². The number of carbonyl (C=O) groups excluding carboxylic acids is 1. The van der Waals surface area contributed by atoms with Crippen LogP contribution in [0, 0.1) is 31.6 Å². The van der Waals surface area contributed by atoms with Gasteiger partial charge in [-0.1, -0.05) is 6.42 Å². The Labute approximate surface area is 162 Å². The van der Waals surface area contributed by atoms with Crippen molar-refractivity contribution < 1.29 is 4.79 Å². The monoisotopic (exact) mass is 391 g/mol. The third kappa shape index (κ3) is 5.08. The molecule has 1 aliphatic carbocycles. The lowest BCUT2D eigenvalue weighted by molar-refractivity contribution is -0.138. The summed E-state index contributed by atoms with van der Waals surface area (Å²) in [6.45, 7) is 7.18. The second-order valence-electron chi connectivity index (χ2n) is 7.21. The lowest BCUT2D eigenvalue weighted by Crippen LogP contribution is -2.45.